The molecule has 3 aromatic carbocycles. The van der Waals surface area contributed by atoms with Crippen LogP contribution in [0, 0.1) is 0 Å². The first-order chi connectivity index (χ1) is 19.9. The average molecular weight is 548 g/mol. The van der Waals surface area contributed by atoms with Crippen molar-refractivity contribution in [3.63, 3.8) is 0 Å². The van der Waals surface area contributed by atoms with Gasteiger partial charge in [-0.05, 0) is 60.4 Å². The highest BCUT2D eigenvalue weighted by molar-refractivity contribution is 6.31. The molecular weight excluding hydrogens is 520 g/mol. The van der Waals surface area contributed by atoms with Crippen LogP contribution in [0.1, 0.15) is 43.3 Å². The smallest absolute Gasteiger partial charge is 0.335 e. The lowest BCUT2D eigenvalue weighted by molar-refractivity contribution is -0.119. The second-order valence-corrected chi connectivity index (χ2v) is 9.03. The molecule has 0 aliphatic carbocycles. The predicted octanol–water partition coefficient (Wildman–Crippen LogP) is 5.50. The summed E-state index contributed by atoms with van der Waals surface area (Å²) in [7, 11) is 1.33. The number of amides is 1. The van der Waals surface area contributed by atoms with Crippen molar-refractivity contribution in [2.75, 3.05) is 12.4 Å². The van der Waals surface area contributed by atoms with Crippen LogP contribution in [0.15, 0.2) is 89.9 Å². The second kappa shape index (κ2) is 11.8. The molecule has 0 aliphatic heterocycles. The average Bonchev–Trinajstić information content (AvgIpc) is 2.96. The van der Waals surface area contributed by atoms with Gasteiger partial charge in [0.25, 0.3) is 5.56 Å². The van der Waals surface area contributed by atoms with Crippen molar-refractivity contribution in [3.05, 3.63) is 117 Å². The monoisotopic (exact) mass is 547 g/mol. The van der Waals surface area contributed by atoms with Crippen LogP contribution < -0.4 is 15.6 Å². The Balaban J connectivity index is 1.81. The van der Waals surface area contributed by atoms with Crippen molar-refractivity contribution in [1.29, 1.82) is 0 Å². The second-order valence-electron chi connectivity index (χ2n) is 8.60. The topological polar surface area (TPSA) is 115 Å². The van der Waals surface area contributed by atoms with Gasteiger partial charge in [0.2, 0.25) is 5.91 Å². The molecule has 0 radical (unpaired) electrons. The van der Waals surface area contributed by atoms with Crippen molar-refractivity contribution in [3.8, 4) is 16.9 Å². The molecule has 0 spiro atoms. The number of methoxy groups -OCH3 is 1. The zero-order valence-electron chi connectivity index (χ0n) is 23.7. The number of rotatable bonds is 9. The van der Waals surface area contributed by atoms with Crippen LogP contribution in [-0.2, 0) is 11.2 Å². The van der Waals surface area contributed by atoms with E-state index in [1.165, 1.54) is 60.3 Å². The van der Waals surface area contributed by atoms with Gasteiger partial charge in [-0.15, -0.1) is 0 Å². The zero-order valence-corrected chi connectivity index (χ0v) is 21.4. The zero-order chi connectivity index (χ0) is 30.6. The third kappa shape index (κ3) is 6.25. The molecule has 198 valence electrons. The van der Waals surface area contributed by atoms with E-state index in [-0.39, 0.29) is 39.4 Å². The number of benzene rings is 3. The van der Waals surface area contributed by atoms with E-state index in [0.29, 0.717) is 5.69 Å². The van der Waals surface area contributed by atoms with Gasteiger partial charge in [0.05, 0.1) is 18.9 Å². The standard InChI is InChI=1S/C30H25ClN2O6/c1-18(34)23-13-10-21(31)15-24(23)25-16-28(35)33(17-27(25)39-2)26(14-19-6-4-3-5-7-19)29(36)32-22-11-8-20(9-12-22)30(37)38/h3-13,15-17,26H,14H2,1-2H3,(H,32,36)(H,37,38)/i1D3. The van der Waals surface area contributed by atoms with Crippen LogP contribution >= 0.6 is 11.6 Å². The van der Waals surface area contributed by atoms with E-state index in [1.54, 1.807) is 24.3 Å². The Hall–Kier alpha value is -4.69. The van der Waals surface area contributed by atoms with Gasteiger partial charge in [-0.3, -0.25) is 19.0 Å². The Labute approximate surface area is 233 Å². The van der Waals surface area contributed by atoms with Crippen LogP contribution in [0.2, 0.25) is 5.02 Å². The van der Waals surface area contributed by atoms with E-state index in [2.05, 4.69) is 5.32 Å². The first-order valence-corrected chi connectivity index (χ1v) is 12.1. The number of halogens is 1. The van der Waals surface area contributed by atoms with Gasteiger partial charge < -0.3 is 15.2 Å². The molecule has 9 heteroatoms. The largest absolute Gasteiger partial charge is 0.495 e. The van der Waals surface area contributed by atoms with Crippen LogP contribution in [0.4, 0.5) is 5.69 Å². The molecule has 4 aromatic rings. The molecule has 1 unspecified atom stereocenters. The summed E-state index contributed by atoms with van der Waals surface area (Å²) in [6.45, 7) is -2.94. The van der Waals surface area contributed by atoms with E-state index in [9.17, 15) is 19.2 Å². The number of nitrogens with one attached hydrogen (secondary N) is 1. The van der Waals surface area contributed by atoms with E-state index < -0.39 is 36.1 Å². The molecule has 4 rings (SSSR count). The molecule has 8 nitrogen and oxygen atoms in total. The number of aromatic carboxylic acids is 1. The van der Waals surface area contributed by atoms with Gasteiger partial charge in [0.15, 0.2) is 5.78 Å². The SMILES string of the molecule is [2H]C([2H])([2H])C(=O)c1ccc(Cl)cc1-c1cc(=O)n(C(Cc2ccccc2)C(=O)Nc2ccc(C(=O)O)cc2)cc1OC. The van der Waals surface area contributed by atoms with Gasteiger partial charge in [0, 0.05) is 38.4 Å². The molecule has 1 amide bonds. The molecule has 0 aliphatic rings. The maximum atomic E-state index is 13.6. The number of pyridine rings is 1. The molecule has 39 heavy (non-hydrogen) atoms. The van der Waals surface area contributed by atoms with Gasteiger partial charge in [-0.2, -0.15) is 0 Å². The molecule has 0 saturated heterocycles. The number of carbonyl (C=O) groups excluding carboxylic acids is 2. The van der Waals surface area contributed by atoms with Crippen molar-refractivity contribution >= 4 is 34.9 Å². The molecule has 1 aromatic heterocycles. The maximum absolute atomic E-state index is 13.6. The molecule has 0 saturated carbocycles. The summed E-state index contributed by atoms with van der Waals surface area (Å²) in [4.78, 5) is 51.1. The minimum atomic E-state index is -2.94. The number of hydrogen-bond donors (Lipinski definition) is 2. The number of ketones is 1. The Morgan fingerprint density at radius 1 is 1.03 bits per heavy atom. The summed E-state index contributed by atoms with van der Waals surface area (Å²) >= 11 is 6.18. The number of carbonyl (C=O) groups is 3. The number of hydrogen-bond acceptors (Lipinski definition) is 5. The fourth-order valence-corrected chi connectivity index (χ4v) is 4.33. The highest BCUT2D eigenvalue weighted by Gasteiger charge is 2.25. The molecule has 1 heterocycles. The summed E-state index contributed by atoms with van der Waals surface area (Å²) in [5.41, 5.74) is 0.543. The Kier molecular flexibility index (Phi) is 7.08. The lowest BCUT2D eigenvalue weighted by Gasteiger charge is -2.22. The third-order valence-electron chi connectivity index (χ3n) is 6.09. The Morgan fingerprint density at radius 3 is 2.38 bits per heavy atom. The molecule has 1 atom stereocenters. The van der Waals surface area contributed by atoms with Gasteiger partial charge in [-0.25, -0.2) is 4.79 Å². The molecular formula is C30H25ClN2O6. The highest BCUT2D eigenvalue weighted by Crippen LogP contribution is 2.34. The van der Waals surface area contributed by atoms with Gasteiger partial charge in [0.1, 0.15) is 11.8 Å². The Bertz CT molecular complexity index is 1700. The number of carboxylic acids is 1. The highest BCUT2D eigenvalue weighted by atomic mass is 35.5. The third-order valence-corrected chi connectivity index (χ3v) is 6.33. The lowest BCUT2D eigenvalue weighted by Crippen LogP contribution is -2.34. The summed E-state index contributed by atoms with van der Waals surface area (Å²) < 4.78 is 29.5. The van der Waals surface area contributed by atoms with Crippen LogP contribution in [0.3, 0.4) is 0 Å². The number of aromatic nitrogens is 1. The van der Waals surface area contributed by atoms with Crippen molar-refractivity contribution in [2.45, 2.75) is 19.3 Å². The van der Waals surface area contributed by atoms with E-state index in [4.69, 9.17) is 25.6 Å². The van der Waals surface area contributed by atoms with Crippen molar-refractivity contribution in [1.82, 2.24) is 4.57 Å². The first kappa shape index (κ1) is 23.4. The predicted molar refractivity (Wildman–Crippen MR) is 149 cm³/mol. The number of carboxylic acid groups (broad SMARTS) is 1. The van der Waals surface area contributed by atoms with Crippen LogP contribution in [0.25, 0.3) is 11.1 Å². The summed E-state index contributed by atoms with van der Waals surface area (Å²) in [5.74, 6) is -2.71. The Morgan fingerprint density at radius 2 is 1.74 bits per heavy atom. The first-order valence-electron chi connectivity index (χ1n) is 13.2. The number of anilines is 1. The number of Topliss-reactive ketones (excluding diaryl/α,β-unsaturated/α-hetero) is 1. The van der Waals surface area contributed by atoms with Crippen molar-refractivity contribution in [2.24, 2.45) is 0 Å². The minimum absolute atomic E-state index is 0.0442. The van der Waals surface area contributed by atoms with E-state index >= 15 is 0 Å². The minimum Gasteiger partial charge on any atom is -0.495 e. The van der Waals surface area contributed by atoms with Gasteiger partial charge in [-0.1, -0.05) is 41.9 Å². The van der Waals surface area contributed by atoms with Crippen molar-refractivity contribution < 1.29 is 28.3 Å². The molecule has 0 fully saturated rings. The normalized spacial score (nSPS) is 12.9. The van der Waals surface area contributed by atoms with E-state index in [0.717, 1.165) is 11.6 Å². The van der Waals surface area contributed by atoms with Gasteiger partial charge >= 0.3 is 5.97 Å². The molecule has 0 bridgehead atoms. The molecule has 2 N–H and O–H groups in total. The maximum Gasteiger partial charge on any atom is 0.335 e. The number of ether oxygens (including phenoxy) is 1. The summed E-state index contributed by atoms with van der Waals surface area (Å²) in [6.07, 6.45) is 1.44. The fraction of sp³-hybridized carbons (Fsp3) is 0.133. The van der Waals surface area contributed by atoms with Crippen LogP contribution in [0.5, 0.6) is 5.75 Å². The quantitative estimate of drug-likeness (QED) is 0.267. The summed E-state index contributed by atoms with van der Waals surface area (Å²) in [5, 5.41) is 12.1. The fourth-order valence-electron chi connectivity index (χ4n) is 4.16. The summed E-state index contributed by atoms with van der Waals surface area (Å²) in [6, 6.07) is 18.7. The lowest BCUT2D eigenvalue weighted by atomic mass is 9.97. The number of nitrogens with zero attached hydrogens (tertiary/aromatic N) is 1. The van der Waals surface area contributed by atoms with Crippen LogP contribution in [-0.4, -0.2) is 34.4 Å². The van der Waals surface area contributed by atoms with E-state index in [1.807, 2.05) is 6.07 Å².